The van der Waals surface area contributed by atoms with Crippen LogP contribution >= 0.6 is 0 Å². The lowest BCUT2D eigenvalue weighted by Gasteiger charge is -2.50. The van der Waals surface area contributed by atoms with Crippen molar-refractivity contribution in [3.05, 3.63) is 12.2 Å². The van der Waals surface area contributed by atoms with Gasteiger partial charge in [-0.2, -0.15) is 0 Å². The highest BCUT2D eigenvalue weighted by Crippen LogP contribution is 2.50. The Kier molecular flexibility index (Phi) is 3.86. The minimum Gasteiger partial charge on any atom is -0.390 e. The molecule has 94 valence electrons. The highest BCUT2D eigenvalue weighted by Gasteiger charge is 2.47. The van der Waals surface area contributed by atoms with E-state index in [0.29, 0.717) is 5.92 Å². The molecule has 0 unspecified atom stereocenters. The maximum Gasteiger partial charge on any atom is 0.0692 e. The highest BCUT2D eigenvalue weighted by atomic mass is 16.3. The molecule has 2 heteroatoms. The van der Waals surface area contributed by atoms with Crippen molar-refractivity contribution in [2.24, 2.45) is 17.3 Å². The molecule has 0 aromatic rings. The largest absolute Gasteiger partial charge is 0.390 e. The summed E-state index contributed by atoms with van der Waals surface area (Å²) in [6.07, 6.45) is 5.26. The molecule has 0 amide bonds. The van der Waals surface area contributed by atoms with Crippen LogP contribution in [0.5, 0.6) is 0 Å². The molecule has 0 aromatic carbocycles. The highest BCUT2D eigenvalue weighted by molar-refractivity contribution is 5.09. The van der Waals surface area contributed by atoms with Gasteiger partial charge < -0.3 is 10.2 Å². The third-order valence-electron chi connectivity index (χ3n) is 4.41. The second kappa shape index (κ2) is 4.50. The standard InChI is InChI=1S/C14H26O2/c1-10-8-9-14(5,16)12(13(10,3)4)7-6-11(2)15/h6-7,10-12,15-16H,8-9H2,1-5H3/b7-6+/t10-,11-,12-,14-/m0/s1. The molecule has 1 aliphatic rings. The second-order valence-electron chi connectivity index (χ2n) is 6.22. The number of hydrogen-bond acceptors (Lipinski definition) is 2. The van der Waals surface area contributed by atoms with E-state index in [9.17, 15) is 10.2 Å². The van der Waals surface area contributed by atoms with Crippen molar-refractivity contribution >= 4 is 0 Å². The van der Waals surface area contributed by atoms with Gasteiger partial charge in [-0.05, 0) is 38.0 Å². The monoisotopic (exact) mass is 226 g/mol. The van der Waals surface area contributed by atoms with Crippen LogP contribution in [0.2, 0.25) is 0 Å². The Morgan fingerprint density at radius 2 is 1.88 bits per heavy atom. The molecule has 0 bridgehead atoms. The van der Waals surface area contributed by atoms with E-state index in [1.807, 2.05) is 13.0 Å². The third kappa shape index (κ3) is 2.67. The van der Waals surface area contributed by atoms with Gasteiger partial charge in [0.15, 0.2) is 0 Å². The zero-order valence-corrected chi connectivity index (χ0v) is 11.2. The van der Waals surface area contributed by atoms with Gasteiger partial charge in [0, 0.05) is 5.92 Å². The fraction of sp³-hybridized carbons (Fsp3) is 0.857. The number of aliphatic hydroxyl groups is 2. The maximum absolute atomic E-state index is 10.5. The molecule has 4 atom stereocenters. The lowest BCUT2D eigenvalue weighted by molar-refractivity contribution is -0.0900. The molecule has 0 heterocycles. The Balaban J connectivity index is 2.96. The van der Waals surface area contributed by atoms with E-state index >= 15 is 0 Å². The maximum atomic E-state index is 10.5. The lowest BCUT2D eigenvalue weighted by Crippen LogP contribution is -2.49. The van der Waals surface area contributed by atoms with Gasteiger partial charge in [-0.1, -0.05) is 32.9 Å². The normalized spacial score (nSPS) is 41.2. The fourth-order valence-corrected chi connectivity index (χ4v) is 2.87. The molecule has 1 saturated carbocycles. The molecule has 2 nitrogen and oxygen atoms in total. The van der Waals surface area contributed by atoms with Gasteiger partial charge >= 0.3 is 0 Å². The predicted octanol–water partition coefficient (Wildman–Crippen LogP) is 2.75. The summed E-state index contributed by atoms with van der Waals surface area (Å²) in [6.45, 7) is 10.3. The van der Waals surface area contributed by atoms with Gasteiger partial charge in [-0.3, -0.25) is 0 Å². The van der Waals surface area contributed by atoms with Crippen LogP contribution in [0.3, 0.4) is 0 Å². The second-order valence-corrected chi connectivity index (χ2v) is 6.22. The summed E-state index contributed by atoms with van der Waals surface area (Å²) in [4.78, 5) is 0. The van der Waals surface area contributed by atoms with Gasteiger partial charge in [0.2, 0.25) is 0 Å². The summed E-state index contributed by atoms with van der Waals surface area (Å²) in [7, 11) is 0. The van der Waals surface area contributed by atoms with Crippen LogP contribution in [0.15, 0.2) is 12.2 Å². The van der Waals surface area contributed by atoms with E-state index < -0.39 is 11.7 Å². The average Bonchev–Trinajstić information content (AvgIpc) is 2.11. The van der Waals surface area contributed by atoms with Crippen molar-refractivity contribution in [2.45, 2.75) is 59.2 Å². The van der Waals surface area contributed by atoms with Crippen LogP contribution in [-0.2, 0) is 0 Å². The van der Waals surface area contributed by atoms with Gasteiger partial charge in [-0.25, -0.2) is 0 Å². The Hall–Kier alpha value is -0.340. The molecule has 1 fully saturated rings. The van der Waals surface area contributed by atoms with Crippen molar-refractivity contribution in [1.82, 2.24) is 0 Å². The van der Waals surface area contributed by atoms with Crippen molar-refractivity contribution in [3.63, 3.8) is 0 Å². The summed E-state index contributed by atoms with van der Waals surface area (Å²) in [5.41, 5.74) is -0.575. The summed E-state index contributed by atoms with van der Waals surface area (Å²) < 4.78 is 0. The van der Waals surface area contributed by atoms with Crippen molar-refractivity contribution in [1.29, 1.82) is 0 Å². The van der Waals surface area contributed by atoms with Gasteiger partial charge in [0.25, 0.3) is 0 Å². The van der Waals surface area contributed by atoms with E-state index in [2.05, 4.69) is 20.8 Å². The smallest absolute Gasteiger partial charge is 0.0692 e. The summed E-state index contributed by atoms with van der Waals surface area (Å²) in [6, 6.07) is 0. The van der Waals surface area contributed by atoms with Crippen molar-refractivity contribution in [3.8, 4) is 0 Å². The Morgan fingerprint density at radius 1 is 1.31 bits per heavy atom. The first-order valence-corrected chi connectivity index (χ1v) is 6.26. The fourth-order valence-electron chi connectivity index (χ4n) is 2.87. The SMILES string of the molecule is C[C@H](O)/C=C/[C@H]1C(C)(C)[C@@H](C)CC[C@]1(C)O. The molecule has 0 aromatic heterocycles. The van der Waals surface area contributed by atoms with Crippen LogP contribution in [0.1, 0.15) is 47.5 Å². The molecular formula is C14H26O2. The first-order valence-electron chi connectivity index (χ1n) is 6.26. The topological polar surface area (TPSA) is 40.5 Å². The lowest BCUT2D eigenvalue weighted by atomic mass is 9.57. The zero-order chi connectivity index (χ0) is 12.6. The summed E-state index contributed by atoms with van der Waals surface area (Å²) in [5.74, 6) is 0.703. The summed E-state index contributed by atoms with van der Waals surface area (Å²) >= 11 is 0. The van der Waals surface area contributed by atoms with Crippen LogP contribution in [0, 0.1) is 17.3 Å². The molecule has 0 aliphatic heterocycles. The Morgan fingerprint density at radius 3 is 2.38 bits per heavy atom. The quantitative estimate of drug-likeness (QED) is 0.711. The van der Waals surface area contributed by atoms with E-state index in [0.717, 1.165) is 12.8 Å². The van der Waals surface area contributed by atoms with Crippen LogP contribution in [-0.4, -0.2) is 21.9 Å². The molecule has 0 spiro atoms. The van der Waals surface area contributed by atoms with E-state index in [4.69, 9.17) is 0 Å². The van der Waals surface area contributed by atoms with Crippen LogP contribution in [0.4, 0.5) is 0 Å². The predicted molar refractivity (Wildman–Crippen MR) is 67.1 cm³/mol. The molecule has 0 radical (unpaired) electrons. The van der Waals surface area contributed by atoms with Gasteiger partial charge in [0.05, 0.1) is 11.7 Å². The van der Waals surface area contributed by atoms with Crippen molar-refractivity contribution in [2.75, 3.05) is 0 Å². The summed E-state index contributed by atoms with van der Waals surface area (Å²) in [5, 5.41) is 19.8. The van der Waals surface area contributed by atoms with Crippen LogP contribution < -0.4 is 0 Å². The van der Waals surface area contributed by atoms with E-state index in [1.54, 1.807) is 13.0 Å². The number of rotatable bonds is 2. The van der Waals surface area contributed by atoms with E-state index in [1.165, 1.54) is 0 Å². The van der Waals surface area contributed by atoms with Gasteiger partial charge in [-0.15, -0.1) is 0 Å². The molecule has 16 heavy (non-hydrogen) atoms. The average molecular weight is 226 g/mol. The minimum atomic E-state index is -0.651. The first-order chi connectivity index (χ1) is 7.18. The van der Waals surface area contributed by atoms with E-state index in [-0.39, 0.29) is 11.3 Å². The molecule has 1 rings (SSSR count). The molecule has 0 saturated heterocycles. The Bertz CT molecular complexity index is 264. The Labute approximate surface area is 99.4 Å². The van der Waals surface area contributed by atoms with Gasteiger partial charge in [0.1, 0.15) is 0 Å². The number of aliphatic hydroxyl groups excluding tert-OH is 1. The number of hydrogen-bond donors (Lipinski definition) is 2. The minimum absolute atomic E-state index is 0.0765. The third-order valence-corrected chi connectivity index (χ3v) is 4.41. The molecular weight excluding hydrogens is 200 g/mol. The van der Waals surface area contributed by atoms with Crippen molar-refractivity contribution < 1.29 is 10.2 Å². The first kappa shape index (κ1) is 13.7. The van der Waals surface area contributed by atoms with Crippen LogP contribution in [0.25, 0.3) is 0 Å². The molecule has 1 aliphatic carbocycles. The molecule has 2 N–H and O–H groups in total. The zero-order valence-electron chi connectivity index (χ0n) is 11.2.